The molecular formula is C24H16FNO4. The lowest BCUT2D eigenvalue weighted by molar-refractivity contribution is 0.0971. The van der Waals surface area contributed by atoms with Crippen LogP contribution in [0.2, 0.25) is 0 Å². The van der Waals surface area contributed by atoms with Gasteiger partial charge in [-0.2, -0.15) is 0 Å². The first kappa shape index (κ1) is 18.1. The van der Waals surface area contributed by atoms with Gasteiger partial charge in [0.25, 0.3) is 5.91 Å². The van der Waals surface area contributed by atoms with E-state index >= 15 is 0 Å². The molecule has 1 unspecified atom stereocenters. The molecule has 0 saturated heterocycles. The van der Waals surface area contributed by atoms with Gasteiger partial charge in [0, 0.05) is 5.69 Å². The van der Waals surface area contributed by atoms with Crippen LogP contribution in [0.1, 0.15) is 27.7 Å². The van der Waals surface area contributed by atoms with E-state index in [2.05, 4.69) is 0 Å². The number of hydrogen-bond donors (Lipinski definition) is 0. The molecule has 1 amide bonds. The topological polar surface area (TPSA) is 59.8 Å². The summed E-state index contributed by atoms with van der Waals surface area (Å²) in [6.45, 7) is 0. The Balaban J connectivity index is 1.80. The number of carbonyl (C=O) groups excluding carboxylic acids is 1. The van der Waals surface area contributed by atoms with Crippen LogP contribution in [0, 0.1) is 5.82 Å². The summed E-state index contributed by atoms with van der Waals surface area (Å²) < 4.78 is 24.9. The first-order valence-electron chi connectivity index (χ1n) is 9.37. The molecule has 6 heteroatoms. The second kappa shape index (κ2) is 6.84. The summed E-state index contributed by atoms with van der Waals surface area (Å²) in [6, 6.07) is 19.2. The SMILES string of the molecule is COc1ccc(C2c3c(oc4ccc(F)cc4c3=O)C(=O)N2c2ccccc2)cc1. The van der Waals surface area contributed by atoms with Crippen LogP contribution in [-0.2, 0) is 0 Å². The zero-order chi connectivity index (χ0) is 20.8. The monoisotopic (exact) mass is 401 g/mol. The number of halogens is 1. The van der Waals surface area contributed by atoms with Gasteiger partial charge in [-0.15, -0.1) is 0 Å². The predicted octanol–water partition coefficient (Wildman–Crippen LogP) is 4.69. The van der Waals surface area contributed by atoms with Crippen molar-refractivity contribution in [2.24, 2.45) is 0 Å². The number of benzene rings is 3. The fraction of sp³-hybridized carbons (Fsp3) is 0.0833. The number of para-hydroxylation sites is 1. The molecule has 3 aromatic carbocycles. The van der Waals surface area contributed by atoms with Crippen molar-refractivity contribution in [2.45, 2.75) is 6.04 Å². The van der Waals surface area contributed by atoms with Crippen molar-refractivity contribution < 1.29 is 18.3 Å². The van der Waals surface area contributed by atoms with Crippen molar-refractivity contribution in [3.8, 4) is 5.75 Å². The smallest absolute Gasteiger partial charge is 0.295 e. The van der Waals surface area contributed by atoms with E-state index in [4.69, 9.17) is 9.15 Å². The van der Waals surface area contributed by atoms with Crippen molar-refractivity contribution in [3.63, 3.8) is 0 Å². The van der Waals surface area contributed by atoms with Crippen molar-refractivity contribution >= 4 is 22.6 Å². The largest absolute Gasteiger partial charge is 0.497 e. The molecule has 0 radical (unpaired) electrons. The normalized spacial score (nSPS) is 15.5. The lowest BCUT2D eigenvalue weighted by Crippen LogP contribution is -2.29. The molecule has 0 spiro atoms. The number of nitrogens with zero attached hydrogens (tertiary/aromatic N) is 1. The van der Waals surface area contributed by atoms with Gasteiger partial charge in [-0.25, -0.2) is 4.39 Å². The van der Waals surface area contributed by atoms with E-state index in [1.165, 1.54) is 17.0 Å². The van der Waals surface area contributed by atoms with Crippen LogP contribution in [-0.4, -0.2) is 13.0 Å². The van der Waals surface area contributed by atoms with E-state index in [1.807, 2.05) is 18.2 Å². The fourth-order valence-corrected chi connectivity index (χ4v) is 3.90. The number of carbonyl (C=O) groups is 1. The van der Waals surface area contributed by atoms with Gasteiger partial charge in [0.1, 0.15) is 17.1 Å². The summed E-state index contributed by atoms with van der Waals surface area (Å²) in [6.07, 6.45) is 0. The lowest BCUT2D eigenvalue weighted by Gasteiger charge is -2.25. The number of amides is 1. The highest BCUT2D eigenvalue weighted by Crippen LogP contribution is 2.41. The van der Waals surface area contributed by atoms with Crippen molar-refractivity contribution in [1.82, 2.24) is 0 Å². The number of hydrogen-bond acceptors (Lipinski definition) is 4. The summed E-state index contributed by atoms with van der Waals surface area (Å²) in [5.74, 6) is -0.328. The molecule has 5 nitrogen and oxygen atoms in total. The molecule has 4 aromatic rings. The van der Waals surface area contributed by atoms with Crippen LogP contribution >= 0.6 is 0 Å². The Morgan fingerprint density at radius 3 is 2.40 bits per heavy atom. The third-order valence-corrected chi connectivity index (χ3v) is 5.30. The highest BCUT2D eigenvalue weighted by atomic mass is 19.1. The Morgan fingerprint density at radius 1 is 0.967 bits per heavy atom. The molecule has 1 aliphatic heterocycles. The molecule has 0 fully saturated rings. The standard InChI is InChI=1S/C24H16FNO4/c1-29-17-10-7-14(8-11-17)21-20-22(27)18-13-15(25)9-12-19(18)30-23(20)24(28)26(21)16-5-3-2-4-6-16/h2-13,21H,1H3. The Hall–Kier alpha value is -3.93. The van der Waals surface area contributed by atoms with Gasteiger partial charge in [-0.3, -0.25) is 14.5 Å². The molecule has 5 rings (SSSR count). The van der Waals surface area contributed by atoms with Gasteiger partial charge in [-0.05, 0) is 48.0 Å². The van der Waals surface area contributed by atoms with Crippen LogP contribution in [0.3, 0.4) is 0 Å². The second-order valence-corrected chi connectivity index (χ2v) is 7.00. The van der Waals surface area contributed by atoms with Gasteiger partial charge in [-0.1, -0.05) is 30.3 Å². The molecule has 1 aliphatic rings. The minimum atomic E-state index is -0.704. The fourth-order valence-electron chi connectivity index (χ4n) is 3.90. The third kappa shape index (κ3) is 2.69. The molecule has 0 N–H and O–H groups in total. The Labute approximate surface area is 170 Å². The number of fused-ring (bicyclic) bond motifs is 2. The zero-order valence-corrected chi connectivity index (χ0v) is 16.0. The number of methoxy groups -OCH3 is 1. The maximum atomic E-state index is 13.8. The van der Waals surface area contributed by atoms with E-state index in [0.29, 0.717) is 11.4 Å². The second-order valence-electron chi connectivity index (χ2n) is 7.00. The molecule has 0 saturated carbocycles. The van der Waals surface area contributed by atoms with E-state index < -0.39 is 23.2 Å². The van der Waals surface area contributed by atoms with Crippen LogP contribution in [0.25, 0.3) is 11.0 Å². The minimum Gasteiger partial charge on any atom is -0.497 e. The Kier molecular flexibility index (Phi) is 4.13. The predicted molar refractivity (Wildman–Crippen MR) is 111 cm³/mol. The first-order chi connectivity index (χ1) is 14.6. The molecule has 0 aliphatic carbocycles. The summed E-state index contributed by atoms with van der Waals surface area (Å²) in [4.78, 5) is 28.3. The van der Waals surface area contributed by atoms with Crippen LogP contribution in [0.15, 0.2) is 82.0 Å². The third-order valence-electron chi connectivity index (χ3n) is 5.30. The molecule has 30 heavy (non-hydrogen) atoms. The summed E-state index contributed by atoms with van der Waals surface area (Å²) >= 11 is 0. The van der Waals surface area contributed by atoms with E-state index in [-0.39, 0.29) is 22.3 Å². The van der Waals surface area contributed by atoms with Gasteiger partial charge in [0.15, 0.2) is 5.43 Å². The maximum Gasteiger partial charge on any atom is 0.295 e. The van der Waals surface area contributed by atoms with Crippen LogP contribution in [0.5, 0.6) is 5.75 Å². The quantitative estimate of drug-likeness (QED) is 0.500. The molecule has 1 aromatic heterocycles. The minimum absolute atomic E-state index is 0.0243. The lowest BCUT2D eigenvalue weighted by atomic mass is 9.98. The Morgan fingerprint density at radius 2 is 1.70 bits per heavy atom. The van der Waals surface area contributed by atoms with E-state index in [0.717, 1.165) is 11.6 Å². The summed E-state index contributed by atoms with van der Waals surface area (Å²) in [5.41, 5.74) is 1.31. The molecular weight excluding hydrogens is 385 g/mol. The van der Waals surface area contributed by atoms with Gasteiger partial charge in [0.05, 0.1) is 24.1 Å². The summed E-state index contributed by atoms with van der Waals surface area (Å²) in [7, 11) is 1.56. The van der Waals surface area contributed by atoms with Crippen LogP contribution in [0.4, 0.5) is 10.1 Å². The molecule has 148 valence electrons. The molecule has 0 bridgehead atoms. The molecule has 2 heterocycles. The van der Waals surface area contributed by atoms with Crippen LogP contribution < -0.4 is 15.1 Å². The summed E-state index contributed by atoms with van der Waals surface area (Å²) in [5, 5.41) is 0.106. The van der Waals surface area contributed by atoms with Gasteiger partial charge < -0.3 is 9.15 Å². The van der Waals surface area contributed by atoms with Crippen molar-refractivity contribution in [1.29, 1.82) is 0 Å². The maximum absolute atomic E-state index is 13.8. The van der Waals surface area contributed by atoms with Gasteiger partial charge >= 0.3 is 0 Å². The zero-order valence-electron chi connectivity index (χ0n) is 16.0. The van der Waals surface area contributed by atoms with Crippen molar-refractivity contribution in [3.05, 3.63) is 106 Å². The Bertz CT molecular complexity index is 1330. The highest BCUT2D eigenvalue weighted by Gasteiger charge is 2.43. The first-order valence-corrected chi connectivity index (χ1v) is 9.37. The highest BCUT2D eigenvalue weighted by molar-refractivity contribution is 6.10. The number of ether oxygens (including phenoxy) is 1. The van der Waals surface area contributed by atoms with E-state index in [9.17, 15) is 14.0 Å². The number of rotatable bonds is 3. The average Bonchev–Trinajstić information content (AvgIpc) is 3.07. The van der Waals surface area contributed by atoms with Crippen molar-refractivity contribution in [2.75, 3.05) is 12.0 Å². The average molecular weight is 401 g/mol. The van der Waals surface area contributed by atoms with Gasteiger partial charge in [0.2, 0.25) is 5.76 Å². The molecule has 1 atom stereocenters. The number of anilines is 1. The van der Waals surface area contributed by atoms with E-state index in [1.54, 1.807) is 43.5 Å².